The zero-order valence-corrected chi connectivity index (χ0v) is 19.3. The lowest BCUT2D eigenvalue weighted by molar-refractivity contribution is -0.396. The van der Waals surface area contributed by atoms with Crippen LogP contribution in [0.1, 0.15) is 56.1 Å². The molecule has 2 aromatic rings. The van der Waals surface area contributed by atoms with Gasteiger partial charge in [0, 0.05) is 16.9 Å². The van der Waals surface area contributed by atoms with Gasteiger partial charge in [-0.05, 0) is 80.4 Å². The van der Waals surface area contributed by atoms with Crippen LogP contribution in [0.4, 0.5) is 0 Å². The smallest absolute Gasteiger partial charge is 0.227 e. The van der Waals surface area contributed by atoms with E-state index in [9.17, 15) is 4.79 Å². The summed E-state index contributed by atoms with van der Waals surface area (Å²) in [6, 6.07) is 22.2. The summed E-state index contributed by atoms with van der Waals surface area (Å²) in [5.41, 5.74) is 10.5. The van der Waals surface area contributed by atoms with Crippen molar-refractivity contribution in [1.82, 2.24) is 5.32 Å². The molecule has 0 bridgehead atoms. The van der Waals surface area contributed by atoms with E-state index in [0.29, 0.717) is 29.7 Å². The number of nitrogens with one attached hydrogen (secondary N) is 1. The molecule has 0 heterocycles. The first-order valence-corrected chi connectivity index (χ1v) is 13.0. The molecule has 2 aromatic carbocycles. The topological polar surface area (TPSA) is 55.1 Å². The molecule has 1 spiro atoms. The maximum Gasteiger partial charge on any atom is 0.227 e. The first-order chi connectivity index (χ1) is 16.1. The predicted octanol–water partition coefficient (Wildman–Crippen LogP) is 5.07. The number of carbonyl (C=O) groups excluding carboxylic acids is 1. The van der Waals surface area contributed by atoms with Crippen LogP contribution in [-0.2, 0) is 10.2 Å². The zero-order valence-electron chi connectivity index (χ0n) is 19.3. The van der Waals surface area contributed by atoms with Crippen LogP contribution in [0, 0.1) is 28.6 Å². The lowest BCUT2D eigenvalue weighted by Crippen LogP contribution is -2.94. The van der Waals surface area contributed by atoms with Gasteiger partial charge in [0.2, 0.25) is 5.91 Å². The summed E-state index contributed by atoms with van der Waals surface area (Å²) < 4.78 is 0. The molecule has 0 aromatic heterocycles. The highest BCUT2D eigenvalue weighted by atomic mass is 16.2. The van der Waals surface area contributed by atoms with Crippen molar-refractivity contribution in [2.75, 3.05) is 6.54 Å². The molecule has 5 atom stereocenters. The lowest BCUT2D eigenvalue weighted by Gasteiger charge is -2.95. The number of amides is 1. The summed E-state index contributed by atoms with van der Waals surface area (Å²) >= 11 is 0. The van der Waals surface area contributed by atoms with Gasteiger partial charge in [-0.2, -0.15) is 0 Å². The van der Waals surface area contributed by atoms with Gasteiger partial charge < -0.3 is 11.1 Å². The molecule has 5 aliphatic carbocycles. The van der Waals surface area contributed by atoms with Gasteiger partial charge in [-0.15, -0.1) is 0 Å². The van der Waals surface area contributed by atoms with E-state index in [1.165, 1.54) is 17.5 Å². The highest BCUT2D eigenvalue weighted by Gasteiger charge is 2.97. The summed E-state index contributed by atoms with van der Waals surface area (Å²) in [4.78, 5) is 13.9. The number of benzene rings is 2. The van der Waals surface area contributed by atoms with E-state index in [1.807, 2.05) is 0 Å². The van der Waals surface area contributed by atoms with Crippen LogP contribution in [0.15, 0.2) is 66.2 Å². The van der Waals surface area contributed by atoms with Gasteiger partial charge in [-0.1, -0.05) is 72.3 Å². The van der Waals surface area contributed by atoms with E-state index in [-0.39, 0.29) is 16.2 Å². The quantitative estimate of drug-likeness (QED) is 0.685. The van der Waals surface area contributed by atoms with E-state index >= 15 is 0 Å². The first kappa shape index (κ1) is 20.0. The normalized spacial score (nSPS) is 43.1. The molecule has 0 saturated heterocycles. The molecule has 7 rings (SSSR count). The highest BCUT2D eigenvalue weighted by Crippen LogP contribution is 2.98. The van der Waals surface area contributed by atoms with Crippen LogP contribution >= 0.6 is 0 Å². The summed E-state index contributed by atoms with van der Waals surface area (Å²) in [6.45, 7) is 0.785. The lowest BCUT2D eigenvalue weighted by atomic mass is 9.06. The molecule has 5 aliphatic rings. The average Bonchev–Trinajstić information content (AvgIpc) is 2.82. The van der Waals surface area contributed by atoms with Crippen LogP contribution in [0.3, 0.4) is 0 Å². The fourth-order valence-electron chi connectivity index (χ4n) is 9.27. The molecule has 33 heavy (non-hydrogen) atoms. The largest absolute Gasteiger partial charge is 0.353 e. The van der Waals surface area contributed by atoms with Crippen molar-refractivity contribution in [3.05, 3.63) is 77.4 Å². The third-order valence-electron chi connectivity index (χ3n) is 10.6. The Bertz CT molecular complexity index is 1110. The maximum absolute atomic E-state index is 13.9. The minimum Gasteiger partial charge on any atom is -0.353 e. The van der Waals surface area contributed by atoms with Gasteiger partial charge in [0.25, 0.3) is 0 Å². The monoisotopic (exact) mass is 438 g/mol. The summed E-state index contributed by atoms with van der Waals surface area (Å²) in [5, 5.41) is 3.54. The van der Waals surface area contributed by atoms with Crippen LogP contribution in [0.5, 0.6) is 0 Å². The molecule has 3 nitrogen and oxygen atoms in total. The zero-order chi connectivity index (χ0) is 22.3. The predicted molar refractivity (Wildman–Crippen MR) is 131 cm³/mol. The van der Waals surface area contributed by atoms with Gasteiger partial charge >= 0.3 is 0 Å². The molecule has 3 heteroatoms. The second-order valence-electron chi connectivity index (χ2n) is 11.6. The van der Waals surface area contributed by atoms with E-state index in [4.69, 9.17) is 5.73 Å². The van der Waals surface area contributed by atoms with Crippen molar-refractivity contribution in [2.24, 2.45) is 34.3 Å². The molecule has 5 fully saturated rings. The molecule has 170 valence electrons. The van der Waals surface area contributed by atoms with E-state index in [1.54, 1.807) is 5.57 Å². The average molecular weight is 439 g/mol. The van der Waals surface area contributed by atoms with Crippen molar-refractivity contribution in [2.45, 2.75) is 56.4 Å². The Morgan fingerprint density at radius 3 is 2.27 bits per heavy atom. The number of rotatable bonds is 5. The minimum atomic E-state index is -0.144. The summed E-state index contributed by atoms with van der Waals surface area (Å²) in [6.07, 6.45) is 10.2. The van der Waals surface area contributed by atoms with Crippen molar-refractivity contribution < 1.29 is 4.79 Å². The fraction of sp³-hybridized carbons (Fsp3) is 0.500. The molecule has 0 aliphatic heterocycles. The highest BCUT2D eigenvalue weighted by molar-refractivity contribution is 5.91. The Morgan fingerprint density at radius 1 is 0.939 bits per heavy atom. The minimum absolute atomic E-state index is 0.144. The third kappa shape index (κ3) is 2.27. The summed E-state index contributed by atoms with van der Waals surface area (Å²) in [7, 11) is 0. The number of carbonyl (C=O) groups is 1. The number of hydrogen-bond acceptors (Lipinski definition) is 2. The molecule has 1 amide bonds. The fourth-order valence-corrected chi connectivity index (χ4v) is 9.27. The second-order valence-corrected chi connectivity index (χ2v) is 11.6. The van der Waals surface area contributed by atoms with Crippen LogP contribution in [0.2, 0.25) is 0 Å². The Hall–Kier alpha value is -2.39. The Morgan fingerprint density at radius 2 is 1.61 bits per heavy atom. The number of hydrogen-bond donors (Lipinski definition) is 2. The van der Waals surface area contributed by atoms with Gasteiger partial charge in [0.15, 0.2) is 0 Å². The standard InChI is InChI=1S/C30H34N2O/c31-18-21-11-13-23(14-12-21)32-27(33)29-17-26-24(15-20-7-3-1-4-8-20)25-16-28(19-29,30(25,26)29)22-9-5-2-6-10-22/h1-10,15,21,23,25-26H,11-14,16-19,31H2,(H,32,33)/b24-15+. The van der Waals surface area contributed by atoms with Crippen molar-refractivity contribution in [3.8, 4) is 0 Å². The van der Waals surface area contributed by atoms with Gasteiger partial charge in [0.1, 0.15) is 0 Å². The van der Waals surface area contributed by atoms with Crippen LogP contribution in [-0.4, -0.2) is 18.5 Å². The Kier molecular flexibility index (Phi) is 4.14. The van der Waals surface area contributed by atoms with Gasteiger partial charge in [-0.3, -0.25) is 4.79 Å². The Labute approximate surface area is 196 Å². The van der Waals surface area contributed by atoms with Gasteiger partial charge in [0.05, 0.1) is 5.41 Å². The van der Waals surface area contributed by atoms with Gasteiger partial charge in [-0.25, -0.2) is 0 Å². The van der Waals surface area contributed by atoms with E-state index in [0.717, 1.165) is 45.1 Å². The third-order valence-corrected chi connectivity index (χ3v) is 10.6. The van der Waals surface area contributed by atoms with Crippen molar-refractivity contribution >= 4 is 12.0 Å². The number of nitrogens with two attached hydrogens (primary N) is 1. The van der Waals surface area contributed by atoms with E-state index in [2.05, 4.69) is 72.1 Å². The molecular weight excluding hydrogens is 404 g/mol. The van der Waals surface area contributed by atoms with Crippen LogP contribution < -0.4 is 11.1 Å². The van der Waals surface area contributed by atoms with Crippen molar-refractivity contribution in [1.29, 1.82) is 0 Å². The second kappa shape index (κ2) is 6.82. The first-order valence-electron chi connectivity index (χ1n) is 13.0. The molecule has 0 radical (unpaired) electrons. The van der Waals surface area contributed by atoms with Crippen LogP contribution in [0.25, 0.3) is 6.08 Å². The molecule has 3 N–H and O–H groups in total. The van der Waals surface area contributed by atoms with Crippen molar-refractivity contribution in [3.63, 3.8) is 0 Å². The Balaban J connectivity index is 1.18. The SMILES string of the molecule is NCC1CCC(NC(=O)C23CC4/C(=C/c5ccccc5)C5CC(c6ccccc6)(C2)C453)CC1. The summed E-state index contributed by atoms with van der Waals surface area (Å²) in [5.74, 6) is 2.16. The molecule has 5 unspecified atom stereocenters. The van der Waals surface area contributed by atoms with E-state index < -0.39 is 0 Å². The maximum atomic E-state index is 13.9. The molecular formula is C30H34N2O. The molecule has 5 saturated carbocycles. The number of allylic oxidation sites excluding steroid dienone is 1.